The minimum absolute atomic E-state index is 0.235. The fourth-order valence-corrected chi connectivity index (χ4v) is 3.34. The molecule has 0 N–H and O–H groups in total. The van der Waals surface area contributed by atoms with Gasteiger partial charge in [-0.2, -0.15) is 0 Å². The summed E-state index contributed by atoms with van der Waals surface area (Å²) in [5.74, 6) is 2.27. The van der Waals surface area contributed by atoms with Crippen molar-refractivity contribution in [2.24, 2.45) is 5.92 Å². The lowest BCUT2D eigenvalue weighted by atomic mass is 9.85. The number of hydrogen-bond acceptors (Lipinski definition) is 3. The van der Waals surface area contributed by atoms with Crippen LogP contribution in [0, 0.1) is 5.92 Å². The fraction of sp³-hybridized carbons (Fsp3) is 0.700. The molecule has 1 aromatic carbocycles. The molecule has 1 aromatic rings. The van der Waals surface area contributed by atoms with Gasteiger partial charge in [-0.1, -0.05) is 26.0 Å². The van der Waals surface area contributed by atoms with Crippen LogP contribution in [-0.4, -0.2) is 55.7 Å². The third kappa shape index (κ3) is 5.82. The highest BCUT2D eigenvalue weighted by atomic mass is 16.5. The number of piperazine rings is 1. The molecule has 0 unspecified atom stereocenters. The molecule has 0 bridgehead atoms. The van der Waals surface area contributed by atoms with E-state index >= 15 is 0 Å². The van der Waals surface area contributed by atoms with Gasteiger partial charge in [-0.15, -0.1) is 0 Å². The van der Waals surface area contributed by atoms with Crippen molar-refractivity contribution < 1.29 is 4.74 Å². The summed E-state index contributed by atoms with van der Waals surface area (Å²) in [6.45, 7) is 14.9. The van der Waals surface area contributed by atoms with Crippen molar-refractivity contribution in [3.05, 3.63) is 29.8 Å². The number of ether oxygens (including phenoxy) is 1. The maximum atomic E-state index is 5.76. The largest absolute Gasteiger partial charge is 0.491 e. The summed E-state index contributed by atoms with van der Waals surface area (Å²) < 4.78 is 5.76. The lowest BCUT2D eigenvalue weighted by molar-refractivity contribution is 0.148. The molecule has 0 radical (unpaired) electrons. The molecule has 1 aliphatic heterocycles. The van der Waals surface area contributed by atoms with Crippen molar-refractivity contribution in [1.82, 2.24) is 9.80 Å². The highest BCUT2D eigenvalue weighted by molar-refractivity contribution is 5.30. The van der Waals surface area contributed by atoms with Gasteiger partial charge in [0, 0.05) is 26.2 Å². The Labute approximate surface area is 142 Å². The Kier molecular flexibility index (Phi) is 6.91. The fourth-order valence-electron chi connectivity index (χ4n) is 3.34. The minimum Gasteiger partial charge on any atom is -0.491 e. The van der Waals surface area contributed by atoms with Gasteiger partial charge in [-0.3, -0.25) is 0 Å². The van der Waals surface area contributed by atoms with Crippen LogP contribution < -0.4 is 4.74 Å². The van der Waals surface area contributed by atoms with Crippen molar-refractivity contribution in [3.63, 3.8) is 0 Å². The molecule has 2 rings (SSSR count). The SMILES string of the molecule is CC(C)Oc1ccc([C@H](CCN2CCN(C)CC2)C(C)C)cc1. The zero-order valence-electron chi connectivity index (χ0n) is 15.6. The average Bonchev–Trinajstić information content (AvgIpc) is 2.50. The number of nitrogens with zero attached hydrogens (tertiary/aromatic N) is 2. The third-order valence-electron chi connectivity index (χ3n) is 4.84. The van der Waals surface area contributed by atoms with Gasteiger partial charge >= 0.3 is 0 Å². The van der Waals surface area contributed by atoms with Gasteiger partial charge in [0.05, 0.1) is 6.10 Å². The summed E-state index contributed by atoms with van der Waals surface area (Å²) in [6, 6.07) is 8.76. The molecule has 130 valence electrons. The molecule has 0 aromatic heterocycles. The number of rotatable bonds is 7. The number of likely N-dealkylation sites (N-methyl/N-ethyl adjacent to an activating group) is 1. The second kappa shape index (κ2) is 8.70. The average molecular weight is 319 g/mol. The molecule has 0 spiro atoms. The van der Waals surface area contributed by atoms with E-state index in [2.05, 4.69) is 68.8 Å². The Hall–Kier alpha value is -1.06. The molecular weight excluding hydrogens is 284 g/mol. The van der Waals surface area contributed by atoms with Crippen molar-refractivity contribution in [2.75, 3.05) is 39.8 Å². The van der Waals surface area contributed by atoms with E-state index in [0.29, 0.717) is 11.8 Å². The summed E-state index contributed by atoms with van der Waals surface area (Å²) in [7, 11) is 2.22. The first-order chi connectivity index (χ1) is 11.0. The summed E-state index contributed by atoms with van der Waals surface area (Å²) in [5.41, 5.74) is 1.45. The Morgan fingerprint density at radius 2 is 1.57 bits per heavy atom. The first kappa shape index (κ1) is 18.3. The van der Waals surface area contributed by atoms with Crippen LogP contribution in [0.15, 0.2) is 24.3 Å². The van der Waals surface area contributed by atoms with E-state index in [-0.39, 0.29) is 6.10 Å². The molecule has 0 aliphatic carbocycles. The molecule has 1 heterocycles. The lowest BCUT2D eigenvalue weighted by Crippen LogP contribution is -2.45. The van der Waals surface area contributed by atoms with Crippen LogP contribution in [0.3, 0.4) is 0 Å². The molecular formula is C20H34N2O. The second-order valence-electron chi connectivity index (χ2n) is 7.52. The van der Waals surface area contributed by atoms with E-state index in [4.69, 9.17) is 4.74 Å². The monoisotopic (exact) mass is 318 g/mol. The van der Waals surface area contributed by atoms with Gasteiger partial charge in [0.1, 0.15) is 5.75 Å². The van der Waals surface area contributed by atoms with E-state index in [1.54, 1.807) is 0 Å². The summed E-state index contributed by atoms with van der Waals surface area (Å²) in [4.78, 5) is 5.04. The van der Waals surface area contributed by atoms with E-state index < -0.39 is 0 Å². The van der Waals surface area contributed by atoms with Gasteiger partial charge < -0.3 is 14.5 Å². The standard InChI is InChI=1S/C20H34N2O/c1-16(2)20(10-11-22-14-12-21(5)13-15-22)18-6-8-19(9-7-18)23-17(3)4/h6-9,16-17,20H,10-15H2,1-5H3/t20-/m1/s1. The van der Waals surface area contributed by atoms with Crippen molar-refractivity contribution in [2.45, 2.75) is 46.1 Å². The van der Waals surface area contributed by atoms with Crippen LogP contribution in [-0.2, 0) is 0 Å². The summed E-state index contributed by atoms with van der Waals surface area (Å²) in [5, 5.41) is 0. The van der Waals surface area contributed by atoms with Crippen LogP contribution in [0.25, 0.3) is 0 Å². The molecule has 23 heavy (non-hydrogen) atoms. The first-order valence-electron chi connectivity index (χ1n) is 9.13. The second-order valence-corrected chi connectivity index (χ2v) is 7.52. The highest BCUT2D eigenvalue weighted by Gasteiger charge is 2.19. The molecule has 1 atom stereocenters. The van der Waals surface area contributed by atoms with Crippen LogP contribution in [0.1, 0.15) is 45.6 Å². The zero-order chi connectivity index (χ0) is 16.8. The van der Waals surface area contributed by atoms with Gasteiger partial charge in [0.15, 0.2) is 0 Å². The van der Waals surface area contributed by atoms with Crippen molar-refractivity contribution in [1.29, 1.82) is 0 Å². The number of hydrogen-bond donors (Lipinski definition) is 0. The molecule has 0 saturated carbocycles. The van der Waals surface area contributed by atoms with Gasteiger partial charge in [-0.05, 0) is 63.4 Å². The zero-order valence-corrected chi connectivity index (χ0v) is 15.6. The van der Waals surface area contributed by atoms with Crippen molar-refractivity contribution in [3.8, 4) is 5.75 Å². The van der Waals surface area contributed by atoms with E-state index in [1.165, 1.54) is 44.7 Å². The van der Waals surface area contributed by atoms with Gasteiger partial charge in [0.2, 0.25) is 0 Å². The Morgan fingerprint density at radius 3 is 2.09 bits per heavy atom. The van der Waals surface area contributed by atoms with Crippen LogP contribution in [0.5, 0.6) is 5.75 Å². The van der Waals surface area contributed by atoms with Crippen LogP contribution >= 0.6 is 0 Å². The predicted molar refractivity (Wildman–Crippen MR) is 98.3 cm³/mol. The van der Waals surface area contributed by atoms with E-state index in [1.807, 2.05) is 0 Å². The minimum atomic E-state index is 0.235. The van der Waals surface area contributed by atoms with Crippen LogP contribution in [0.4, 0.5) is 0 Å². The Balaban J connectivity index is 1.92. The number of benzene rings is 1. The van der Waals surface area contributed by atoms with Gasteiger partial charge in [0.25, 0.3) is 0 Å². The van der Waals surface area contributed by atoms with Crippen molar-refractivity contribution >= 4 is 0 Å². The summed E-state index contributed by atoms with van der Waals surface area (Å²) >= 11 is 0. The summed E-state index contributed by atoms with van der Waals surface area (Å²) in [6.07, 6.45) is 1.48. The molecule has 0 amide bonds. The maximum Gasteiger partial charge on any atom is 0.119 e. The van der Waals surface area contributed by atoms with E-state index in [9.17, 15) is 0 Å². The Bertz CT molecular complexity index is 447. The molecule has 3 heteroatoms. The lowest BCUT2D eigenvalue weighted by Gasteiger charge is -2.33. The quantitative estimate of drug-likeness (QED) is 0.759. The van der Waals surface area contributed by atoms with Gasteiger partial charge in [-0.25, -0.2) is 0 Å². The third-order valence-corrected chi connectivity index (χ3v) is 4.84. The normalized spacial score (nSPS) is 18.6. The molecule has 1 saturated heterocycles. The highest BCUT2D eigenvalue weighted by Crippen LogP contribution is 2.29. The molecule has 3 nitrogen and oxygen atoms in total. The first-order valence-corrected chi connectivity index (χ1v) is 9.13. The predicted octanol–water partition coefficient (Wildman–Crippen LogP) is 3.85. The van der Waals surface area contributed by atoms with Crippen LogP contribution in [0.2, 0.25) is 0 Å². The molecule has 1 aliphatic rings. The maximum absolute atomic E-state index is 5.76. The smallest absolute Gasteiger partial charge is 0.119 e. The molecule has 1 fully saturated rings. The van der Waals surface area contributed by atoms with E-state index in [0.717, 1.165) is 5.75 Å². The topological polar surface area (TPSA) is 15.7 Å². The Morgan fingerprint density at radius 1 is 0.957 bits per heavy atom.